The summed E-state index contributed by atoms with van der Waals surface area (Å²) >= 11 is 0. The Labute approximate surface area is 141 Å². The molecule has 130 valence electrons. The molecule has 4 nitrogen and oxygen atoms in total. The molecule has 1 saturated heterocycles. The molecular formula is C18H33BN2O2. The normalized spacial score (nSPS) is 24.5. The highest BCUT2D eigenvalue weighted by Gasteiger charge is 2.43. The van der Waals surface area contributed by atoms with Crippen molar-refractivity contribution in [1.29, 1.82) is 0 Å². The maximum absolute atomic E-state index is 11.8. The Kier molecular flexibility index (Phi) is 6.72. The summed E-state index contributed by atoms with van der Waals surface area (Å²) in [5.74, 6) is -0.687. The highest BCUT2D eigenvalue weighted by molar-refractivity contribution is 6.08. The number of carboxylic acid groups (broad SMARTS) is 1. The average Bonchev–Trinajstić information content (AvgIpc) is 2.55. The first-order valence-electron chi connectivity index (χ1n) is 9.40. The molecule has 1 atom stereocenters. The maximum Gasteiger partial charge on any atom is 0.323 e. The van der Waals surface area contributed by atoms with E-state index in [1.807, 2.05) is 0 Å². The Morgan fingerprint density at radius 1 is 1.26 bits per heavy atom. The van der Waals surface area contributed by atoms with Gasteiger partial charge in [0.25, 0.3) is 0 Å². The van der Waals surface area contributed by atoms with Crippen molar-refractivity contribution in [2.75, 3.05) is 13.1 Å². The lowest BCUT2D eigenvalue weighted by Crippen LogP contribution is -2.57. The zero-order valence-electron chi connectivity index (χ0n) is 14.7. The van der Waals surface area contributed by atoms with Crippen LogP contribution < -0.4 is 5.73 Å². The summed E-state index contributed by atoms with van der Waals surface area (Å²) in [4.78, 5) is 14.4. The molecule has 0 aromatic heterocycles. The molecule has 1 heterocycles. The van der Waals surface area contributed by atoms with Gasteiger partial charge in [0.2, 0.25) is 0 Å². The molecule has 1 unspecified atom stereocenters. The quantitative estimate of drug-likeness (QED) is 0.429. The maximum atomic E-state index is 11.8. The number of rotatable bonds is 7. The number of nitrogens with two attached hydrogens (primary N) is 1. The van der Waals surface area contributed by atoms with Gasteiger partial charge in [-0.05, 0) is 64.0 Å². The highest BCUT2D eigenvalue weighted by atomic mass is 16.4. The van der Waals surface area contributed by atoms with E-state index in [0.29, 0.717) is 12.5 Å². The zero-order valence-corrected chi connectivity index (χ0v) is 14.7. The Morgan fingerprint density at radius 3 is 2.39 bits per heavy atom. The zero-order chi connectivity index (χ0) is 16.9. The first-order valence-corrected chi connectivity index (χ1v) is 9.40. The van der Waals surface area contributed by atoms with E-state index < -0.39 is 11.5 Å². The van der Waals surface area contributed by atoms with Crippen LogP contribution in [0.5, 0.6) is 0 Å². The van der Waals surface area contributed by atoms with Gasteiger partial charge in [-0.3, -0.25) is 4.79 Å². The molecule has 0 aromatic rings. The third-order valence-electron chi connectivity index (χ3n) is 6.03. The lowest BCUT2D eigenvalue weighted by Gasteiger charge is -2.43. The van der Waals surface area contributed by atoms with Gasteiger partial charge in [0.1, 0.15) is 13.4 Å². The second-order valence-electron chi connectivity index (χ2n) is 7.59. The minimum absolute atomic E-state index is 0.117. The van der Waals surface area contributed by atoms with Crippen LogP contribution in [0, 0.1) is 5.92 Å². The van der Waals surface area contributed by atoms with Gasteiger partial charge in [0, 0.05) is 6.04 Å². The number of carboxylic acids is 1. The smallest absolute Gasteiger partial charge is 0.323 e. The summed E-state index contributed by atoms with van der Waals surface area (Å²) < 4.78 is 0. The van der Waals surface area contributed by atoms with Crippen LogP contribution in [0.2, 0.25) is 6.32 Å². The number of hydrogen-bond acceptors (Lipinski definition) is 3. The molecular weight excluding hydrogens is 287 g/mol. The first-order chi connectivity index (χ1) is 11.0. The standard InChI is InChI=1S/C18H33BN2O2/c1-14-4-6-16(7-5-14)21-12-8-15(9-13-21)18(20,17(22)23)10-2-3-11-19/h15-16H,1-13,19-20H2,(H,22,23). The van der Waals surface area contributed by atoms with Gasteiger partial charge in [-0.2, -0.15) is 0 Å². The summed E-state index contributed by atoms with van der Waals surface area (Å²) in [7, 11) is 2.14. The molecule has 0 radical (unpaired) electrons. The molecule has 23 heavy (non-hydrogen) atoms. The molecule has 0 amide bonds. The van der Waals surface area contributed by atoms with E-state index in [-0.39, 0.29) is 5.92 Å². The monoisotopic (exact) mass is 320 g/mol. The topological polar surface area (TPSA) is 66.6 Å². The van der Waals surface area contributed by atoms with Crippen molar-refractivity contribution < 1.29 is 9.90 Å². The fourth-order valence-electron chi connectivity index (χ4n) is 4.31. The number of aliphatic carboxylic acids is 1. The number of hydrogen-bond donors (Lipinski definition) is 2. The van der Waals surface area contributed by atoms with Crippen molar-refractivity contribution in [2.45, 2.75) is 75.7 Å². The van der Waals surface area contributed by atoms with Crippen LogP contribution in [0.4, 0.5) is 0 Å². The second-order valence-corrected chi connectivity index (χ2v) is 7.59. The lowest BCUT2D eigenvalue weighted by atomic mass is 9.74. The van der Waals surface area contributed by atoms with E-state index in [9.17, 15) is 9.90 Å². The van der Waals surface area contributed by atoms with Crippen LogP contribution in [0.15, 0.2) is 12.2 Å². The molecule has 0 spiro atoms. The molecule has 2 fully saturated rings. The summed E-state index contributed by atoms with van der Waals surface area (Å²) in [5, 5.41) is 9.68. The molecule has 2 aliphatic rings. The minimum atomic E-state index is -1.03. The lowest BCUT2D eigenvalue weighted by molar-refractivity contribution is -0.147. The largest absolute Gasteiger partial charge is 0.480 e. The molecule has 3 N–H and O–H groups in total. The van der Waals surface area contributed by atoms with Crippen LogP contribution >= 0.6 is 0 Å². The number of allylic oxidation sites excluding steroid dienone is 1. The average molecular weight is 320 g/mol. The Bertz CT molecular complexity index is 411. The number of piperidine rings is 1. The van der Waals surface area contributed by atoms with Gasteiger partial charge < -0.3 is 15.7 Å². The third-order valence-corrected chi connectivity index (χ3v) is 6.03. The molecule has 2 rings (SSSR count). The second kappa shape index (κ2) is 8.34. The van der Waals surface area contributed by atoms with Crippen molar-refractivity contribution in [3.8, 4) is 0 Å². The van der Waals surface area contributed by atoms with Crippen molar-refractivity contribution in [3.63, 3.8) is 0 Å². The molecule has 1 aliphatic carbocycles. The number of unbranched alkanes of at least 4 members (excludes halogenated alkanes) is 1. The van der Waals surface area contributed by atoms with Gasteiger partial charge >= 0.3 is 5.97 Å². The van der Waals surface area contributed by atoms with Gasteiger partial charge in [-0.25, -0.2) is 0 Å². The van der Waals surface area contributed by atoms with Crippen molar-refractivity contribution in [1.82, 2.24) is 4.90 Å². The number of nitrogens with zero attached hydrogens (tertiary/aromatic N) is 1. The number of likely N-dealkylation sites (tertiary alicyclic amines) is 1. The molecule has 5 heteroatoms. The van der Waals surface area contributed by atoms with Gasteiger partial charge in [0.15, 0.2) is 0 Å². The molecule has 1 aliphatic heterocycles. The van der Waals surface area contributed by atoms with E-state index in [0.717, 1.165) is 57.9 Å². The van der Waals surface area contributed by atoms with Crippen LogP contribution in [0.25, 0.3) is 0 Å². The van der Waals surface area contributed by atoms with E-state index in [4.69, 9.17) is 5.73 Å². The van der Waals surface area contributed by atoms with E-state index in [1.54, 1.807) is 0 Å². The van der Waals surface area contributed by atoms with Crippen LogP contribution in [0.3, 0.4) is 0 Å². The van der Waals surface area contributed by atoms with Crippen molar-refractivity contribution in [2.24, 2.45) is 11.7 Å². The SMILES string of the molecule is BCCCCC(N)(C(=O)O)C1CCN(C2CCC(=C)CC2)CC1. The van der Waals surface area contributed by atoms with Crippen molar-refractivity contribution >= 4 is 13.8 Å². The molecule has 1 saturated carbocycles. The summed E-state index contributed by atoms with van der Waals surface area (Å²) in [5.41, 5.74) is 6.73. The van der Waals surface area contributed by atoms with Crippen LogP contribution in [0.1, 0.15) is 57.8 Å². The Balaban J connectivity index is 1.88. The van der Waals surface area contributed by atoms with Gasteiger partial charge in [-0.15, -0.1) is 0 Å². The fraction of sp³-hybridized carbons (Fsp3) is 0.833. The van der Waals surface area contributed by atoms with Gasteiger partial charge in [0.05, 0.1) is 0 Å². The van der Waals surface area contributed by atoms with E-state index in [1.165, 1.54) is 18.4 Å². The fourth-order valence-corrected chi connectivity index (χ4v) is 4.31. The number of carbonyl (C=O) groups is 1. The summed E-state index contributed by atoms with van der Waals surface area (Å²) in [6, 6.07) is 0.665. The highest BCUT2D eigenvalue weighted by Crippen LogP contribution is 2.34. The first kappa shape index (κ1) is 18.5. The summed E-state index contributed by atoms with van der Waals surface area (Å²) in [6.07, 6.45) is 10.3. The Morgan fingerprint density at radius 2 is 1.87 bits per heavy atom. The van der Waals surface area contributed by atoms with E-state index in [2.05, 4.69) is 19.3 Å². The summed E-state index contributed by atoms with van der Waals surface area (Å²) in [6.45, 7) is 6.10. The molecule has 0 bridgehead atoms. The predicted molar refractivity (Wildman–Crippen MR) is 97.4 cm³/mol. The van der Waals surface area contributed by atoms with Crippen LogP contribution in [-0.4, -0.2) is 48.5 Å². The molecule has 0 aromatic carbocycles. The van der Waals surface area contributed by atoms with Gasteiger partial charge in [-0.1, -0.05) is 31.3 Å². The van der Waals surface area contributed by atoms with Crippen molar-refractivity contribution in [3.05, 3.63) is 12.2 Å². The minimum Gasteiger partial charge on any atom is -0.480 e. The predicted octanol–water partition coefficient (Wildman–Crippen LogP) is 2.20. The third kappa shape index (κ3) is 4.60. The van der Waals surface area contributed by atoms with Crippen LogP contribution in [-0.2, 0) is 4.79 Å². The Hall–Kier alpha value is -0.805. The van der Waals surface area contributed by atoms with E-state index >= 15 is 0 Å².